The lowest BCUT2D eigenvalue weighted by molar-refractivity contribution is -0.0448. The molecule has 4 heterocycles. The van der Waals surface area contributed by atoms with Crippen molar-refractivity contribution >= 4 is 11.7 Å². The molecule has 2 fully saturated rings. The number of likely N-dealkylation sites (tertiary alicyclic amines) is 1. The zero-order chi connectivity index (χ0) is 17.3. The Balaban J connectivity index is 1.42. The van der Waals surface area contributed by atoms with E-state index in [0.29, 0.717) is 25.4 Å². The molecule has 2 atom stereocenters. The summed E-state index contributed by atoms with van der Waals surface area (Å²) in [5, 5.41) is 3.12. The number of anilines is 1. The molecule has 0 bridgehead atoms. The Labute approximate surface area is 144 Å². The van der Waals surface area contributed by atoms with Crippen molar-refractivity contribution in [1.82, 2.24) is 19.9 Å². The minimum atomic E-state index is -0.378. The third-order valence-corrected chi connectivity index (χ3v) is 4.86. The summed E-state index contributed by atoms with van der Waals surface area (Å²) in [6, 6.07) is 2.92. The molecule has 7 nitrogen and oxygen atoms in total. The molecule has 0 unspecified atom stereocenters. The van der Waals surface area contributed by atoms with E-state index in [0.717, 1.165) is 19.3 Å². The monoisotopic (exact) mass is 345 g/mol. The SMILES string of the molecule is O=C(c1cnc[nH]1)N1CCC[C@@]2(C[C@H](Nc3ncccc3F)CO2)C1. The van der Waals surface area contributed by atoms with Crippen LogP contribution in [0.15, 0.2) is 30.9 Å². The summed E-state index contributed by atoms with van der Waals surface area (Å²) in [5.41, 5.74) is 0.108. The van der Waals surface area contributed by atoms with Gasteiger partial charge in [0.2, 0.25) is 0 Å². The van der Waals surface area contributed by atoms with Gasteiger partial charge in [0.25, 0.3) is 5.91 Å². The number of amides is 1. The molecule has 1 amide bonds. The Morgan fingerprint density at radius 2 is 2.44 bits per heavy atom. The fourth-order valence-electron chi connectivity index (χ4n) is 3.72. The van der Waals surface area contributed by atoms with Crippen molar-refractivity contribution < 1.29 is 13.9 Å². The largest absolute Gasteiger partial charge is 0.371 e. The first-order valence-electron chi connectivity index (χ1n) is 8.44. The molecule has 1 spiro atoms. The van der Waals surface area contributed by atoms with Gasteiger partial charge in [-0.1, -0.05) is 0 Å². The van der Waals surface area contributed by atoms with Gasteiger partial charge in [0.1, 0.15) is 5.69 Å². The molecule has 2 N–H and O–H groups in total. The van der Waals surface area contributed by atoms with Gasteiger partial charge in [0.05, 0.1) is 37.3 Å². The number of carbonyl (C=O) groups is 1. The number of hydrogen-bond donors (Lipinski definition) is 2. The van der Waals surface area contributed by atoms with Crippen LogP contribution >= 0.6 is 0 Å². The number of imidazole rings is 1. The first-order valence-corrected chi connectivity index (χ1v) is 8.44. The van der Waals surface area contributed by atoms with E-state index < -0.39 is 0 Å². The Kier molecular flexibility index (Phi) is 4.12. The first-order chi connectivity index (χ1) is 12.2. The molecule has 2 aliphatic heterocycles. The first kappa shape index (κ1) is 16.0. The van der Waals surface area contributed by atoms with Crippen molar-refractivity contribution in [2.45, 2.75) is 30.9 Å². The van der Waals surface area contributed by atoms with E-state index in [9.17, 15) is 9.18 Å². The highest BCUT2D eigenvalue weighted by atomic mass is 19.1. The molecule has 8 heteroatoms. The number of pyridine rings is 1. The van der Waals surface area contributed by atoms with Crippen molar-refractivity contribution in [2.75, 3.05) is 25.0 Å². The smallest absolute Gasteiger partial charge is 0.272 e. The maximum Gasteiger partial charge on any atom is 0.272 e. The minimum Gasteiger partial charge on any atom is -0.371 e. The second-order valence-electron chi connectivity index (χ2n) is 6.67. The van der Waals surface area contributed by atoms with Crippen LogP contribution in [0.3, 0.4) is 0 Å². The maximum atomic E-state index is 13.8. The highest BCUT2D eigenvalue weighted by Gasteiger charge is 2.45. The standard InChI is InChI=1S/C17H20FN5O2/c18-13-3-1-5-20-15(13)22-12-7-17(25-9-12)4-2-6-23(10-17)16(24)14-8-19-11-21-14/h1,3,5,8,11-12H,2,4,6-7,9-10H2,(H,19,21)(H,20,22)/t12-,17+/m0/s1. The van der Waals surface area contributed by atoms with E-state index in [1.165, 1.54) is 18.6 Å². The molecule has 2 aromatic rings. The number of piperidine rings is 1. The van der Waals surface area contributed by atoms with Crippen LogP contribution in [0.2, 0.25) is 0 Å². The van der Waals surface area contributed by atoms with Crippen LogP contribution in [0.4, 0.5) is 10.2 Å². The maximum absolute atomic E-state index is 13.8. The summed E-state index contributed by atoms with van der Waals surface area (Å²) in [7, 11) is 0. The van der Waals surface area contributed by atoms with E-state index in [1.807, 2.05) is 0 Å². The molecule has 0 aromatic carbocycles. The predicted octanol–water partition coefficient (Wildman–Crippen LogP) is 1.82. The van der Waals surface area contributed by atoms with Gasteiger partial charge in [-0.25, -0.2) is 14.4 Å². The van der Waals surface area contributed by atoms with Crippen LogP contribution in [0.1, 0.15) is 29.8 Å². The van der Waals surface area contributed by atoms with Gasteiger partial charge >= 0.3 is 0 Å². The van der Waals surface area contributed by atoms with E-state index in [2.05, 4.69) is 20.3 Å². The number of hydrogen-bond acceptors (Lipinski definition) is 5. The van der Waals surface area contributed by atoms with Gasteiger partial charge in [-0.2, -0.15) is 0 Å². The lowest BCUT2D eigenvalue weighted by Crippen LogP contribution is -2.50. The molecule has 0 radical (unpaired) electrons. The minimum absolute atomic E-state index is 0.0217. The number of nitrogens with zero attached hydrogens (tertiary/aromatic N) is 3. The fraction of sp³-hybridized carbons (Fsp3) is 0.471. The Bertz CT molecular complexity index is 753. The zero-order valence-electron chi connectivity index (χ0n) is 13.7. The van der Waals surface area contributed by atoms with Gasteiger partial charge in [0.15, 0.2) is 11.6 Å². The highest BCUT2D eigenvalue weighted by molar-refractivity contribution is 5.92. The molecule has 2 aliphatic rings. The van der Waals surface area contributed by atoms with Gasteiger partial charge in [-0.15, -0.1) is 0 Å². The molecule has 4 rings (SSSR count). The lowest BCUT2D eigenvalue weighted by Gasteiger charge is -2.39. The lowest BCUT2D eigenvalue weighted by atomic mass is 9.88. The van der Waals surface area contributed by atoms with Crippen LogP contribution in [0, 0.1) is 5.82 Å². The number of rotatable bonds is 3. The van der Waals surface area contributed by atoms with Crippen LogP contribution in [0.25, 0.3) is 0 Å². The molecule has 0 saturated carbocycles. The fourth-order valence-corrected chi connectivity index (χ4v) is 3.72. The third-order valence-electron chi connectivity index (χ3n) is 4.86. The Morgan fingerprint density at radius 1 is 1.52 bits per heavy atom. The number of aromatic amines is 1. The summed E-state index contributed by atoms with van der Waals surface area (Å²) in [5.74, 6) is -0.190. The van der Waals surface area contributed by atoms with Crippen molar-refractivity contribution in [1.29, 1.82) is 0 Å². The quantitative estimate of drug-likeness (QED) is 0.887. The summed E-state index contributed by atoms with van der Waals surface area (Å²) in [6.45, 7) is 1.71. The molecule has 2 aromatic heterocycles. The van der Waals surface area contributed by atoms with E-state index in [4.69, 9.17) is 4.74 Å². The summed E-state index contributed by atoms with van der Waals surface area (Å²) in [4.78, 5) is 25.1. The van der Waals surface area contributed by atoms with Crippen LogP contribution in [0.5, 0.6) is 0 Å². The zero-order valence-corrected chi connectivity index (χ0v) is 13.7. The number of halogens is 1. The molecule has 132 valence electrons. The predicted molar refractivity (Wildman–Crippen MR) is 88.6 cm³/mol. The van der Waals surface area contributed by atoms with Crippen LogP contribution < -0.4 is 5.32 Å². The molecule has 25 heavy (non-hydrogen) atoms. The van der Waals surface area contributed by atoms with Crippen LogP contribution in [-0.4, -0.2) is 57.1 Å². The number of aromatic nitrogens is 3. The Hall–Kier alpha value is -2.48. The summed E-state index contributed by atoms with van der Waals surface area (Å²) < 4.78 is 19.8. The van der Waals surface area contributed by atoms with Gasteiger partial charge in [-0.05, 0) is 25.0 Å². The van der Waals surface area contributed by atoms with Crippen molar-refractivity contribution in [3.63, 3.8) is 0 Å². The summed E-state index contributed by atoms with van der Waals surface area (Å²) >= 11 is 0. The number of H-pyrrole nitrogens is 1. The van der Waals surface area contributed by atoms with Crippen molar-refractivity contribution in [2.24, 2.45) is 0 Å². The number of ether oxygens (including phenoxy) is 1. The van der Waals surface area contributed by atoms with Crippen molar-refractivity contribution in [3.8, 4) is 0 Å². The van der Waals surface area contributed by atoms with E-state index in [-0.39, 0.29) is 29.2 Å². The molecule has 0 aliphatic carbocycles. The van der Waals surface area contributed by atoms with Gasteiger partial charge < -0.3 is 19.9 Å². The van der Waals surface area contributed by atoms with Crippen molar-refractivity contribution in [3.05, 3.63) is 42.4 Å². The van der Waals surface area contributed by atoms with E-state index in [1.54, 1.807) is 17.2 Å². The average Bonchev–Trinajstić information content (AvgIpc) is 3.27. The van der Waals surface area contributed by atoms with Gasteiger partial charge in [0, 0.05) is 19.2 Å². The number of carbonyl (C=O) groups excluding carboxylic acids is 1. The second kappa shape index (κ2) is 6.44. The second-order valence-corrected chi connectivity index (χ2v) is 6.67. The third kappa shape index (κ3) is 3.21. The van der Waals surface area contributed by atoms with Crippen LogP contribution in [-0.2, 0) is 4.74 Å². The molecular weight excluding hydrogens is 325 g/mol. The Morgan fingerprint density at radius 3 is 3.24 bits per heavy atom. The normalized spacial score (nSPS) is 26.1. The molecular formula is C17H20FN5O2. The van der Waals surface area contributed by atoms with E-state index >= 15 is 0 Å². The topological polar surface area (TPSA) is 83.1 Å². The average molecular weight is 345 g/mol. The number of nitrogens with one attached hydrogen (secondary N) is 2. The van der Waals surface area contributed by atoms with Gasteiger partial charge in [-0.3, -0.25) is 4.79 Å². The highest BCUT2D eigenvalue weighted by Crippen LogP contribution is 2.36. The summed E-state index contributed by atoms with van der Waals surface area (Å²) in [6.07, 6.45) is 7.08. The molecule has 2 saturated heterocycles.